The van der Waals surface area contributed by atoms with Crippen LogP contribution in [0.5, 0.6) is 11.5 Å². The molecule has 1 unspecified atom stereocenters. The number of urea groups is 1. The lowest BCUT2D eigenvalue weighted by Gasteiger charge is -2.29. The molecule has 164 valence electrons. The van der Waals surface area contributed by atoms with Crippen LogP contribution in [0.3, 0.4) is 0 Å². The molecule has 2 N–H and O–H groups in total. The van der Waals surface area contributed by atoms with Gasteiger partial charge in [0, 0.05) is 5.92 Å². The summed E-state index contributed by atoms with van der Waals surface area (Å²) < 4.78 is 16.9. The van der Waals surface area contributed by atoms with Gasteiger partial charge in [0.05, 0.1) is 6.04 Å². The summed E-state index contributed by atoms with van der Waals surface area (Å²) in [7, 11) is 0. The van der Waals surface area contributed by atoms with Gasteiger partial charge in [-0.25, -0.2) is 4.79 Å². The number of nitrogens with one attached hydrogen (secondary N) is 2. The third kappa shape index (κ3) is 3.72. The highest BCUT2D eigenvalue weighted by atomic mass is 16.6. The Morgan fingerprint density at radius 3 is 2.58 bits per heavy atom. The first-order valence-corrected chi connectivity index (χ1v) is 11.5. The Hall–Kier alpha value is -2.77. The minimum atomic E-state index is -0.540. The van der Waals surface area contributed by atoms with Crippen molar-refractivity contribution in [2.75, 3.05) is 13.2 Å². The molecule has 6 rings (SSSR count). The van der Waals surface area contributed by atoms with Gasteiger partial charge in [-0.15, -0.1) is 0 Å². The van der Waals surface area contributed by atoms with Gasteiger partial charge in [-0.2, -0.15) is 4.98 Å². The van der Waals surface area contributed by atoms with Crippen molar-refractivity contribution in [3.63, 3.8) is 0 Å². The van der Waals surface area contributed by atoms with E-state index in [0.29, 0.717) is 30.9 Å². The fourth-order valence-corrected chi connectivity index (χ4v) is 4.86. The number of hydrogen-bond donors (Lipinski definition) is 2. The van der Waals surface area contributed by atoms with Crippen LogP contribution in [-0.2, 0) is 5.54 Å². The second-order valence-electron chi connectivity index (χ2n) is 9.34. The quantitative estimate of drug-likeness (QED) is 0.729. The van der Waals surface area contributed by atoms with E-state index in [2.05, 4.69) is 20.8 Å². The largest absolute Gasteiger partial charge is 0.486 e. The van der Waals surface area contributed by atoms with Crippen molar-refractivity contribution in [3.8, 4) is 11.5 Å². The molecule has 0 spiro atoms. The van der Waals surface area contributed by atoms with Gasteiger partial charge in [0.1, 0.15) is 18.8 Å². The lowest BCUT2D eigenvalue weighted by atomic mass is 9.96. The number of carbonyl (C=O) groups excluding carboxylic acids is 1. The monoisotopic (exact) mass is 424 g/mol. The van der Waals surface area contributed by atoms with Crippen LogP contribution in [0.1, 0.15) is 80.6 Å². The van der Waals surface area contributed by atoms with E-state index < -0.39 is 5.54 Å². The minimum absolute atomic E-state index is 0.0541. The molecule has 1 aromatic heterocycles. The molecule has 0 radical (unpaired) electrons. The topological polar surface area (TPSA) is 98.5 Å². The molecule has 1 aromatic carbocycles. The number of amides is 2. The molecule has 2 heterocycles. The first-order chi connectivity index (χ1) is 15.2. The Labute approximate surface area is 181 Å². The van der Waals surface area contributed by atoms with Crippen molar-refractivity contribution in [1.82, 2.24) is 20.8 Å². The molecule has 2 amide bonds. The summed E-state index contributed by atoms with van der Waals surface area (Å²) in [6.45, 7) is 1.12. The molecular weight excluding hydrogens is 396 g/mol. The normalized spacial score (nSPS) is 22.7. The molecule has 3 aliphatic carbocycles. The van der Waals surface area contributed by atoms with Gasteiger partial charge in [0.2, 0.25) is 5.89 Å². The fourth-order valence-electron chi connectivity index (χ4n) is 4.86. The van der Waals surface area contributed by atoms with Crippen molar-refractivity contribution >= 4 is 6.03 Å². The lowest BCUT2D eigenvalue weighted by Crippen LogP contribution is -2.50. The number of ether oxygens (including phenoxy) is 2. The lowest BCUT2D eigenvalue weighted by molar-refractivity contribution is 0.171. The molecule has 3 saturated carbocycles. The van der Waals surface area contributed by atoms with Gasteiger partial charge in [-0.1, -0.05) is 24.1 Å². The smallest absolute Gasteiger partial charge is 0.316 e. The third-order valence-electron chi connectivity index (χ3n) is 6.91. The highest BCUT2D eigenvalue weighted by Gasteiger charge is 2.43. The van der Waals surface area contributed by atoms with E-state index in [-0.39, 0.29) is 12.1 Å². The van der Waals surface area contributed by atoms with E-state index in [1.165, 1.54) is 0 Å². The van der Waals surface area contributed by atoms with Crippen LogP contribution in [-0.4, -0.2) is 29.4 Å². The van der Waals surface area contributed by atoms with Crippen LogP contribution >= 0.6 is 0 Å². The maximum atomic E-state index is 13.2. The zero-order chi connectivity index (χ0) is 20.8. The summed E-state index contributed by atoms with van der Waals surface area (Å²) in [5.74, 6) is 3.72. The van der Waals surface area contributed by atoms with Crippen LogP contribution in [0.15, 0.2) is 22.7 Å². The standard InChI is InChI=1S/C23H28N4O4/c28-22(26-23(9-1-2-10-23)21-25-20(31-27-21)15-5-6-15)24-19(14-3-4-14)16-7-8-17-18(13-16)30-12-11-29-17/h7-8,13-15,19H,1-6,9-12H2,(H2,24,26,28). The molecular formula is C23H28N4O4. The number of hydrogen-bond acceptors (Lipinski definition) is 6. The number of rotatable bonds is 6. The molecule has 1 aliphatic heterocycles. The van der Waals surface area contributed by atoms with Crippen LogP contribution in [0.4, 0.5) is 4.79 Å². The predicted molar refractivity (Wildman–Crippen MR) is 111 cm³/mol. The summed E-state index contributed by atoms with van der Waals surface area (Å²) in [4.78, 5) is 17.8. The SMILES string of the molecule is O=C(NC(c1ccc2c(c1)OCCO2)C1CC1)NC1(c2noc(C3CC3)n2)CCCC1. The van der Waals surface area contributed by atoms with E-state index in [1.807, 2.05) is 18.2 Å². The number of carbonyl (C=O) groups is 1. The van der Waals surface area contributed by atoms with Crippen molar-refractivity contribution in [3.05, 3.63) is 35.5 Å². The molecule has 1 atom stereocenters. The van der Waals surface area contributed by atoms with Gasteiger partial charge in [-0.3, -0.25) is 0 Å². The maximum Gasteiger partial charge on any atom is 0.316 e. The van der Waals surface area contributed by atoms with Crippen molar-refractivity contribution in [2.45, 2.75) is 68.9 Å². The fraction of sp³-hybridized carbons (Fsp3) is 0.609. The molecule has 2 aromatic rings. The first-order valence-electron chi connectivity index (χ1n) is 11.5. The molecule has 4 aliphatic rings. The van der Waals surface area contributed by atoms with E-state index in [9.17, 15) is 4.79 Å². The van der Waals surface area contributed by atoms with Crippen molar-refractivity contribution < 1.29 is 18.8 Å². The summed E-state index contributed by atoms with van der Waals surface area (Å²) in [5.41, 5.74) is 0.514. The van der Waals surface area contributed by atoms with Crippen LogP contribution in [0, 0.1) is 5.92 Å². The molecule has 0 saturated heterocycles. The Morgan fingerprint density at radius 2 is 1.84 bits per heavy atom. The van der Waals surface area contributed by atoms with Crippen LogP contribution < -0.4 is 20.1 Å². The Kier molecular flexibility index (Phi) is 4.54. The zero-order valence-corrected chi connectivity index (χ0v) is 17.6. The average molecular weight is 425 g/mol. The molecule has 3 fully saturated rings. The van der Waals surface area contributed by atoms with E-state index in [1.54, 1.807) is 0 Å². The van der Waals surface area contributed by atoms with Crippen molar-refractivity contribution in [1.29, 1.82) is 0 Å². The van der Waals surface area contributed by atoms with Gasteiger partial charge >= 0.3 is 6.03 Å². The second-order valence-corrected chi connectivity index (χ2v) is 9.34. The van der Waals surface area contributed by atoms with Crippen LogP contribution in [0.2, 0.25) is 0 Å². The second kappa shape index (κ2) is 7.43. The number of fused-ring (bicyclic) bond motifs is 1. The van der Waals surface area contributed by atoms with Crippen LogP contribution in [0.25, 0.3) is 0 Å². The predicted octanol–water partition coefficient (Wildman–Crippen LogP) is 3.94. The first kappa shape index (κ1) is 19.0. The van der Waals surface area contributed by atoms with Crippen molar-refractivity contribution in [2.24, 2.45) is 5.92 Å². The number of benzene rings is 1. The molecule has 8 heteroatoms. The third-order valence-corrected chi connectivity index (χ3v) is 6.91. The molecule has 31 heavy (non-hydrogen) atoms. The Bertz CT molecular complexity index is 976. The van der Waals surface area contributed by atoms with Gasteiger partial charge in [0.15, 0.2) is 17.3 Å². The summed E-state index contributed by atoms with van der Waals surface area (Å²) in [5, 5.41) is 10.7. The average Bonchev–Trinajstić information content (AvgIpc) is 3.72. The minimum Gasteiger partial charge on any atom is -0.486 e. The molecule has 8 nitrogen and oxygen atoms in total. The van der Waals surface area contributed by atoms with E-state index in [0.717, 1.165) is 74.3 Å². The highest BCUT2D eigenvalue weighted by molar-refractivity contribution is 5.75. The zero-order valence-electron chi connectivity index (χ0n) is 17.6. The van der Waals surface area contributed by atoms with Gasteiger partial charge < -0.3 is 24.6 Å². The summed E-state index contributed by atoms with van der Waals surface area (Å²) in [6, 6.07) is 5.75. The van der Waals surface area contributed by atoms with E-state index in [4.69, 9.17) is 14.0 Å². The van der Waals surface area contributed by atoms with Gasteiger partial charge in [0.25, 0.3) is 0 Å². The number of aromatic nitrogens is 2. The van der Waals surface area contributed by atoms with E-state index >= 15 is 0 Å². The highest BCUT2D eigenvalue weighted by Crippen LogP contribution is 2.44. The Morgan fingerprint density at radius 1 is 1.06 bits per heavy atom. The summed E-state index contributed by atoms with van der Waals surface area (Å²) >= 11 is 0. The van der Waals surface area contributed by atoms with Gasteiger partial charge in [-0.05, 0) is 62.1 Å². The summed E-state index contributed by atoms with van der Waals surface area (Å²) in [6.07, 6.45) is 8.20. The number of nitrogens with zero attached hydrogens (tertiary/aromatic N) is 2. The Balaban J connectivity index is 1.20. The maximum absolute atomic E-state index is 13.2. The molecule has 0 bridgehead atoms.